The van der Waals surface area contributed by atoms with E-state index in [1.165, 1.54) is 20.6 Å². The van der Waals surface area contributed by atoms with Crippen LogP contribution in [0.5, 0.6) is 11.5 Å². The standard InChI is InChI=1S/C31H29F2N7O6/c1-44-19-5-2-17(3-6-19)15-39-28(42)16-45-26-13-36-30(37-29(26)39)40-23-7-4-18(10-25(23)46-31(40)43)34-8-9-38-24-12-21(33)20(32)11-22(24)35-14-27(38)41/h2-3,5-6,11-14,18,23,25,34H,4,7-10,15-16H2,1H3/t18-,23-,25+/m0/s1. The SMILES string of the molecule is COc1ccc(CN2C(=O)COc3cnc(N4C(=O)O[C@@H]5C[C@@H](NCCn6c(=O)cnc7cc(F)c(F)cc76)CC[C@@H]54)nc32)cc1. The molecule has 1 N–H and O–H groups in total. The lowest BCUT2D eigenvalue weighted by molar-refractivity contribution is -0.121. The number of halogens is 2. The average molecular weight is 634 g/mol. The highest BCUT2D eigenvalue weighted by atomic mass is 19.2. The lowest BCUT2D eigenvalue weighted by Gasteiger charge is -2.33. The molecule has 238 valence electrons. The van der Waals surface area contributed by atoms with E-state index in [9.17, 15) is 23.2 Å². The molecule has 3 atom stereocenters. The molecule has 1 saturated heterocycles. The first kappa shape index (κ1) is 29.5. The van der Waals surface area contributed by atoms with Gasteiger partial charge in [-0.2, -0.15) is 4.98 Å². The zero-order chi connectivity index (χ0) is 31.9. The van der Waals surface area contributed by atoms with Crippen molar-refractivity contribution in [3.8, 4) is 11.5 Å². The van der Waals surface area contributed by atoms with Gasteiger partial charge in [0.05, 0.1) is 43.1 Å². The van der Waals surface area contributed by atoms with Gasteiger partial charge in [-0.15, -0.1) is 0 Å². The van der Waals surface area contributed by atoms with Crippen LogP contribution in [0.15, 0.2) is 53.6 Å². The van der Waals surface area contributed by atoms with E-state index in [2.05, 4.69) is 20.3 Å². The van der Waals surface area contributed by atoms with Crippen LogP contribution in [0.2, 0.25) is 0 Å². The molecule has 2 amide bonds. The molecule has 13 nitrogen and oxygen atoms in total. The highest BCUT2D eigenvalue weighted by Crippen LogP contribution is 2.37. The van der Waals surface area contributed by atoms with Gasteiger partial charge in [0.25, 0.3) is 11.5 Å². The quantitative estimate of drug-likeness (QED) is 0.308. The number of aromatic nitrogens is 4. The number of methoxy groups -OCH3 is 1. The molecule has 15 heteroatoms. The normalized spacial score (nSPS) is 20.7. The molecule has 3 aliphatic rings. The zero-order valence-corrected chi connectivity index (χ0v) is 24.7. The number of ether oxygens (including phenoxy) is 3. The minimum atomic E-state index is -1.06. The molecule has 2 aromatic carbocycles. The minimum Gasteiger partial charge on any atom is -0.497 e. The molecule has 1 saturated carbocycles. The van der Waals surface area contributed by atoms with Crippen molar-refractivity contribution in [2.24, 2.45) is 0 Å². The van der Waals surface area contributed by atoms with Gasteiger partial charge in [0.2, 0.25) is 5.95 Å². The lowest BCUT2D eigenvalue weighted by Crippen LogP contribution is -2.47. The van der Waals surface area contributed by atoms with Crippen molar-refractivity contribution in [3.63, 3.8) is 0 Å². The Bertz CT molecular complexity index is 1890. The van der Waals surface area contributed by atoms with Crippen molar-refractivity contribution < 1.29 is 32.6 Å². The number of nitrogens with zero attached hydrogens (tertiary/aromatic N) is 6. The van der Waals surface area contributed by atoms with E-state index in [4.69, 9.17) is 14.2 Å². The minimum absolute atomic E-state index is 0.0255. The maximum Gasteiger partial charge on any atom is 0.417 e. The third-order valence-electron chi connectivity index (χ3n) is 8.54. The Morgan fingerprint density at radius 2 is 1.85 bits per heavy atom. The maximum atomic E-state index is 13.9. The maximum absolute atomic E-state index is 13.9. The van der Waals surface area contributed by atoms with Crippen LogP contribution in [0.3, 0.4) is 0 Å². The number of hydrogen-bond acceptors (Lipinski definition) is 10. The Kier molecular flexibility index (Phi) is 7.68. The average Bonchev–Trinajstić information content (AvgIpc) is 3.39. The van der Waals surface area contributed by atoms with Crippen LogP contribution >= 0.6 is 0 Å². The molecular formula is C31H29F2N7O6. The second kappa shape index (κ2) is 12.0. The molecule has 4 heterocycles. The van der Waals surface area contributed by atoms with Crippen molar-refractivity contribution in [1.82, 2.24) is 24.8 Å². The van der Waals surface area contributed by atoms with Crippen molar-refractivity contribution >= 4 is 34.8 Å². The molecular weight excluding hydrogens is 604 g/mol. The molecule has 2 fully saturated rings. The predicted molar refractivity (Wildman–Crippen MR) is 160 cm³/mol. The van der Waals surface area contributed by atoms with Gasteiger partial charge < -0.3 is 24.1 Å². The van der Waals surface area contributed by atoms with E-state index in [1.807, 2.05) is 24.3 Å². The molecule has 0 radical (unpaired) electrons. The molecule has 46 heavy (non-hydrogen) atoms. The number of rotatable bonds is 8. The van der Waals surface area contributed by atoms with Gasteiger partial charge in [-0.3, -0.25) is 14.5 Å². The first-order valence-corrected chi connectivity index (χ1v) is 14.8. The fourth-order valence-corrected chi connectivity index (χ4v) is 6.22. The molecule has 4 aromatic rings. The van der Waals surface area contributed by atoms with Gasteiger partial charge in [0.1, 0.15) is 11.9 Å². The number of benzene rings is 2. The van der Waals surface area contributed by atoms with Gasteiger partial charge >= 0.3 is 6.09 Å². The Morgan fingerprint density at radius 1 is 1.04 bits per heavy atom. The highest BCUT2D eigenvalue weighted by molar-refractivity contribution is 5.97. The number of carbonyl (C=O) groups is 2. The van der Waals surface area contributed by atoms with E-state index in [0.717, 1.165) is 23.9 Å². The summed E-state index contributed by atoms with van der Waals surface area (Å²) in [6, 6.07) is 8.93. The topological polar surface area (TPSA) is 141 Å². The van der Waals surface area contributed by atoms with Crippen LogP contribution in [0.25, 0.3) is 11.0 Å². The van der Waals surface area contributed by atoms with Crippen molar-refractivity contribution in [2.45, 2.75) is 50.5 Å². The van der Waals surface area contributed by atoms with E-state index in [1.54, 1.807) is 7.11 Å². The summed E-state index contributed by atoms with van der Waals surface area (Å²) < 4.78 is 45.5. The van der Waals surface area contributed by atoms with Crippen LogP contribution in [0, 0.1) is 11.6 Å². The summed E-state index contributed by atoms with van der Waals surface area (Å²) in [5.74, 6) is -0.947. The largest absolute Gasteiger partial charge is 0.497 e. The Labute approximate surface area is 260 Å². The highest BCUT2D eigenvalue weighted by Gasteiger charge is 2.47. The lowest BCUT2D eigenvalue weighted by atomic mass is 9.88. The Morgan fingerprint density at radius 3 is 2.65 bits per heavy atom. The third-order valence-corrected chi connectivity index (χ3v) is 8.54. The predicted octanol–water partition coefficient (Wildman–Crippen LogP) is 2.94. The van der Waals surface area contributed by atoms with Crippen LogP contribution < -0.4 is 30.1 Å². The summed E-state index contributed by atoms with van der Waals surface area (Å²) in [7, 11) is 1.58. The summed E-state index contributed by atoms with van der Waals surface area (Å²) in [6.07, 6.45) is 3.32. The molecule has 0 unspecified atom stereocenters. The molecule has 2 aromatic heterocycles. The smallest absolute Gasteiger partial charge is 0.417 e. The van der Waals surface area contributed by atoms with Gasteiger partial charge in [0.15, 0.2) is 29.8 Å². The van der Waals surface area contributed by atoms with Crippen molar-refractivity contribution in [1.29, 1.82) is 0 Å². The van der Waals surface area contributed by atoms with E-state index >= 15 is 0 Å². The Balaban J connectivity index is 1.03. The molecule has 2 aliphatic heterocycles. The molecule has 0 bridgehead atoms. The zero-order valence-electron chi connectivity index (χ0n) is 24.7. The first-order valence-electron chi connectivity index (χ1n) is 14.8. The fraction of sp³-hybridized carbons (Fsp3) is 0.355. The van der Waals surface area contributed by atoms with Gasteiger partial charge in [-0.25, -0.2) is 28.4 Å². The number of fused-ring (bicyclic) bond motifs is 3. The van der Waals surface area contributed by atoms with E-state index in [0.29, 0.717) is 37.3 Å². The van der Waals surface area contributed by atoms with Crippen molar-refractivity contribution in [2.75, 3.05) is 30.1 Å². The Hall–Kier alpha value is -5.18. The van der Waals surface area contributed by atoms with Crippen LogP contribution in [-0.4, -0.2) is 70.0 Å². The number of hydrogen-bond donors (Lipinski definition) is 1. The monoisotopic (exact) mass is 633 g/mol. The van der Waals surface area contributed by atoms with Gasteiger partial charge in [-0.1, -0.05) is 12.1 Å². The van der Waals surface area contributed by atoms with E-state index < -0.39 is 29.4 Å². The summed E-state index contributed by atoms with van der Waals surface area (Å²) >= 11 is 0. The van der Waals surface area contributed by atoms with Crippen LogP contribution in [-0.2, 0) is 22.6 Å². The van der Waals surface area contributed by atoms with Gasteiger partial charge in [0, 0.05) is 37.7 Å². The third kappa shape index (κ3) is 5.46. The number of amides is 2. The number of carbonyl (C=O) groups excluding carboxylic acids is 2. The summed E-state index contributed by atoms with van der Waals surface area (Å²) in [4.78, 5) is 54.3. The first-order chi connectivity index (χ1) is 22.3. The fourth-order valence-electron chi connectivity index (χ4n) is 6.22. The van der Waals surface area contributed by atoms with E-state index in [-0.39, 0.29) is 60.5 Å². The second-order valence-corrected chi connectivity index (χ2v) is 11.3. The van der Waals surface area contributed by atoms with Crippen LogP contribution in [0.4, 0.5) is 25.3 Å². The van der Waals surface area contributed by atoms with Crippen molar-refractivity contribution in [3.05, 3.63) is 76.3 Å². The second-order valence-electron chi connectivity index (χ2n) is 11.3. The summed E-state index contributed by atoms with van der Waals surface area (Å²) in [6.45, 7) is 0.658. The number of nitrogens with one attached hydrogen (secondary N) is 1. The van der Waals surface area contributed by atoms with Gasteiger partial charge in [-0.05, 0) is 30.5 Å². The van der Waals surface area contributed by atoms with Crippen LogP contribution in [0.1, 0.15) is 24.8 Å². The number of anilines is 2. The summed E-state index contributed by atoms with van der Waals surface area (Å²) in [5, 5.41) is 3.39. The molecule has 7 rings (SSSR count). The molecule has 0 spiro atoms. The summed E-state index contributed by atoms with van der Waals surface area (Å²) in [5.41, 5.74) is 0.818. The molecule has 1 aliphatic carbocycles.